The summed E-state index contributed by atoms with van der Waals surface area (Å²) in [5, 5.41) is 3.00. The van der Waals surface area contributed by atoms with Crippen LogP contribution in [0.15, 0.2) is 59.5 Å². The van der Waals surface area contributed by atoms with E-state index in [-0.39, 0.29) is 34.8 Å². The molecule has 2 aromatic rings. The molecule has 0 radical (unpaired) electrons. The molecule has 1 unspecified atom stereocenters. The number of carbonyl (C=O) groups is 1. The van der Waals surface area contributed by atoms with Crippen molar-refractivity contribution in [2.75, 3.05) is 27.2 Å². The fourth-order valence-electron chi connectivity index (χ4n) is 2.61. The van der Waals surface area contributed by atoms with Crippen LogP contribution < -0.4 is 10.0 Å². The first-order valence-corrected chi connectivity index (χ1v) is 10.4. The monoisotopic (exact) mass is 409 g/mol. The molecule has 0 heterocycles. The Balaban J connectivity index is 1.85. The minimum Gasteiger partial charge on any atom is -0.354 e. The highest BCUT2D eigenvalue weighted by atomic mass is 35.5. The molecule has 27 heavy (non-hydrogen) atoms. The standard InChI is InChI=1S/C19H24ClN3O3S/c1-23(2)17(15-8-4-3-5-9-15)14-21-19(24)12-13-22-27(25,26)18-11-7-6-10-16(18)20/h3-11,17,22H,12-14H2,1-2H3,(H,21,24). The molecule has 0 aliphatic heterocycles. The van der Waals surface area contributed by atoms with Gasteiger partial charge < -0.3 is 10.2 Å². The molecule has 6 nitrogen and oxygen atoms in total. The fraction of sp³-hybridized carbons (Fsp3) is 0.316. The molecule has 2 aromatic carbocycles. The van der Waals surface area contributed by atoms with Crippen LogP contribution in [0.1, 0.15) is 18.0 Å². The molecule has 2 rings (SSSR count). The van der Waals surface area contributed by atoms with Gasteiger partial charge in [0.05, 0.1) is 11.1 Å². The van der Waals surface area contributed by atoms with Crippen molar-refractivity contribution < 1.29 is 13.2 Å². The molecule has 1 atom stereocenters. The lowest BCUT2D eigenvalue weighted by Gasteiger charge is -2.25. The molecule has 0 saturated heterocycles. The molecule has 0 saturated carbocycles. The molecule has 0 bridgehead atoms. The zero-order valence-electron chi connectivity index (χ0n) is 15.4. The first kappa shape index (κ1) is 21.4. The first-order valence-electron chi connectivity index (χ1n) is 8.53. The van der Waals surface area contributed by atoms with Crippen LogP contribution >= 0.6 is 11.6 Å². The van der Waals surface area contributed by atoms with Gasteiger partial charge in [0.25, 0.3) is 0 Å². The summed E-state index contributed by atoms with van der Waals surface area (Å²) < 4.78 is 26.9. The lowest BCUT2D eigenvalue weighted by molar-refractivity contribution is -0.121. The Morgan fingerprint density at radius 3 is 2.33 bits per heavy atom. The van der Waals surface area contributed by atoms with Gasteiger partial charge in [-0.1, -0.05) is 54.1 Å². The zero-order valence-corrected chi connectivity index (χ0v) is 16.9. The highest BCUT2D eigenvalue weighted by molar-refractivity contribution is 7.89. The summed E-state index contributed by atoms with van der Waals surface area (Å²) in [6.45, 7) is 0.435. The van der Waals surface area contributed by atoms with Crippen LogP contribution in [0, 0.1) is 0 Å². The number of rotatable bonds is 9. The number of carbonyl (C=O) groups excluding carboxylic acids is 1. The van der Waals surface area contributed by atoms with Gasteiger partial charge in [0.15, 0.2) is 0 Å². The molecule has 146 valence electrons. The molecule has 0 aromatic heterocycles. The van der Waals surface area contributed by atoms with Gasteiger partial charge in [0, 0.05) is 19.5 Å². The summed E-state index contributed by atoms with van der Waals surface area (Å²) in [6.07, 6.45) is 0.0403. The number of nitrogens with zero attached hydrogens (tertiary/aromatic N) is 1. The van der Waals surface area contributed by atoms with Gasteiger partial charge in [-0.2, -0.15) is 0 Å². The van der Waals surface area contributed by atoms with Gasteiger partial charge >= 0.3 is 0 Å². The van der Waals surface area contributed by atoms with Gasteiger partial charge in [-0.25, -0.2) is 13.1 Å². The third-order valence-electron chi connectivity index (χ3n) is 4.07. The molecule has 0 spiro atoms. The van der Waals surface area contributed by atoms with Gasteiger partial charge in [-0.3, -0.25) is 4.79 Å². The second-order valence-corrected chi connectivity index (χ2v) is 8.41. The lowest BCUT2D eigenvalue weighted by Crippen LogP contribution is -2.36. The van der Waals surface area contributed by atoms with Crippen molar-refractivity contribution in [2.24, 2.45) is 0 Å². The Morgan fingerprint density at radius 2 is 1.70 bits per heavy atom. The average molecular weight is 410 g/mol. The summed E-state index contributed by atoms with van der Waals surface area (Å²) in [4.78, 5) is 14.1. The third-order valence-corrected chi connectivity index (χ3v) is 6.03. The quantitative estimate of drug-likeness (QED) is 0.666. The number of halogens is 1. The van der Waals surface area contributed by atoms with E-state index >= 15 is 0 Å². The smallest absolute Gasteiger partial charge is 0.242 e. The van der Waals surface area contributed by atoms with Gasteiger partial charge in [-0.05, 0) is 31.8 Å². The van der Waals surface area contributed by atoms with E-state index in [0.717, 1.165) is 5.56 Å². The van der Waals surface area contributed by atoms with Crippen LogP contribution in [-0.4, -0.2) is 46.4 Å². The molecule has 0 aliphatic carbocycles. The normalized spacial score (nSPS) is 12.7. The highest BCUT2D eigenvalue weighted by Crippen LogP contribution is 2.20. The molecule has 0 fully saturated rings. The van der Waals surface area contributed by atoms with Crippen molar-refractivity contribution in [2.45, 2.75) is 17.4 Å². The Labute approximate surface area is 165 Å². The van der Waals surface area contributed by atoms with E-state index in [1.54, 1.807) is 12.1 Å². The van der Waals surface area contributed by atoms with Gasteiger partial charge in [0.2, 0.25) is 15.9 Å². The molecule has 2 N–H and O–H groups in total. The number of likely N-dealkylation sites (N-methyl/N-ethyl adjacent to an activating group) is 1. The van der Waals surface area contributed by atoms with Crippen LogP contribution in [0.5, 0.6) is 0 Å². The topological polar surface area (TPSA) is 78.5 Å². The first-order chi connectivity index (χ1) is 12.8. The second-order valence-electron chi connectivity index (χ2n) is 6.27. The third kappa shape index (κ3) is 6.32. The number of nitrogens with one attached hydrogen (secondary N) is 2. The summed E-state index contributed by atoms with van der Waals surface area (Å²) in [6, 6.07) is 16.1. The second kappa shape index (κ2) is 9.85. The van der Waals surface area contributed by atoms with Crippen LogP contribution in [0.4, 0.5) is 0 Å². The number of benzene rings is 2. The van der Waals surface area contributed by atoms with E-state index < -0.39 is 10.0 Å². The Kier molecular flexibility index (Phi) is 7.79. The van der Waals surface area contributed by atoms with Crippen LogP contribution in [0.3, 0.4) is 0 Å². The zero-order chi connectivity index (χ0) is 19.9. The SMILES string of the molecule is CN(C)C(CNC(=O)CCNS(=O)(=O)c1ccccc1Cl)c1ccccc1. The summed E-state index contributed by atoms with van der Waals surface area (Å²) in [7, 11) is 0.147. The predicted molar refractivity (Wildman–Crippen MR) is 107 cm³/mol. The van der Waals surface area contributed by atoms with E-state index in [1.165, 1.54) is 12.1 Å². The maximum absolute atomic E-state index is 12.2. The minimum absolute atomic E-state index is 0.00262. The van der Waals surface area contributed by atoms with Crippen molar-refractivity contribution in [3.05, 3.63) is 65.2 Å². The molecule has 0 aliphatic rings. The molecule has 1 amide bonds. The number of hydrogen-bond donors (Lipinski definition) is 2. The summed E-state index contributed by atoms with van der Waals surface area (Å²) in [5.74, 6) is -0.223. The van der Waals surface area contributed by atoms with Crippen molar-refractivity contribution >= 4 is 27.5 Å². The van der Waals surface area contributed by atoms with E-state index in [2.05, 4.69) is 10.0 Å². The molecule has 8 heteroatoms. The fourth-order valence-corrected chi connectivity index (χ4v) is 4.16. The number of amides is 1. The summed E-state index contributed by atoms with van der Waals surface area (Å²) in [5.41, 5.74) is 1.10. The molecular formula is C19H24ClN3O3S. The largest absolute Gasteiger partial charge is 0.354 e. The van der Waals surface area contributed by atoms with E-state index in [0.29, 0.717) is 6.54 Å². The van der Waals surface area contributed by atoms with E-state index in [1.807, 2.05) is 49.3 Å². The highest BCUT2D eigenvalue weighted by Gasteiger charge is 2.18. The van der Waals surface area contributed by atoms with E-state index in [4.69, 9.17) is 11.6 Å². The average Bonchev–Trinajstić information content (AvgIpc) is 2.62. The van der Waals surface area contributed by atoms with Crippen molar-refractivity contribution in [3.8, 4) is 0 Å². The van der Waals surface area contributed by atoms with Gasteiger partial charge in [-0.15, -0.1) is 0 Å². The summed E-state index contributed by atoms with van der Waals surface area (Å²) >= 11 is 5.92. The number of sulfonamides is 1. The predicted octanol–water partition coefficient (Wildman–Crippen LogP) is 2.43. The van der Waals surface area contributed by atoms with Crippen LogP contribution in [0.25, 0.3) is 0 Å². The maximum atomic E-state index is 12.2. The van der Waals surface area contributed by atoms with Gasteiger partial charge in [0.1, 0.15) is 4.90 Å². The van der Waals surface area contributed by atoms with Crippen LogP contribution in [0.2, 0.25) is 5.02 Å². The lowest BCUT2D eigenvalue weighted by atomic mass is 10.1. The van der Waals surface area contributed by atoms with E-state index in [9.17, 15) is 13.2 Å². The number of hydrogen-bond acceptors (Lipinski definition) is 4. The molecular weight excluding hydrogens is 386 g/mol. The Hall–Kier alpha value is -1.93. The van der Waals surface area contributed by atoms with Crippen molar-refractivity contribution in [3.63, 3.8) is 0 Å². The van der Waals surface area contributed by atoms with Crippen molar-refractivity contribution in [1.82, 2.24) is 14.9 Å². The van der Waals surface area contributed by atoms with Crippen molar-refractivity contribution in [1.29, 1.82) is 0 Å². The Bertz CT molecular complexity index is 858. The minimum atomic E-state index is -3.74. The van der Waals surface area contributed by atoms with Crippen LogP contribution in [-0.2, 0) is 14.8 Å². The maximum Gasteiger partial charge on any atom is 0.242 e. The Morgan fingerprint density at radius 1 is 1.07 bits per heavy atom.